The second-order valence-electron chi connectivity index (χ2n) is 10.7. The largest absolute Gasteiger partial charge is 0.481 e. The van der Waals surface area contributed by atoms with Crippen LogP contribution in [0.3, 0.4) is 0 Å². The Labute approximate surface area is 239 Å². The van der Waals surface area contributed by atoms with Crippen LogP contribution in [0.5, 0.6) is 0 Å². The van der Waals surface area contributed by atoms with Gasteiger partial charge in [0, 0.05) is 44.0 Å². The van der Waals surface area contributed by atoms with Crippen LogP contribution >= 0.6 is 0 Å². The number of sulfonamides is 1. The van der Waals surface area contributed by atoms with Crippen molar-refractivity contribution in [3.05, 3.63) is 82.4 Å². The van der Waals surface area contributed by atoms with Gasteiger partial charge in [0.2, 0.25) is 15.8 Å². The van der Waals surface area contributed by atoms with Gasteiger partial charge in [-0.2, -0.15) is 17.5 Å². The first-order valence-electron chi connectivity index (χ1n) is 13.3. The molecular weight excluding hydrogens is 573 g/mol. The lowest BCUT2D eigenvalue weighted by molar-refractivity contribution is -0.145. The summed E-state index contributed by atoms with van der Waals surface area (Å²) in [5, 5.41) is 16.8. The molecule has 2 aliphatic rings. The van der Waals surface area contributed by atoms with Gasteiger partial charge in [-0.05, 0) is 66.3 Å². The summed E-state index contributed by atoms with van der Waals surface area (Å²) >= 11 is 0. The molecule has 2 aliphatic heterocycles. The molecule has 3 aromatic heterocycles. The fraction of sp³-hybridized carbons (Fsp3) is 0.357. The first kappa shape index (κ1) is 28.1. The van der Waals surface area contributed by atoms with Gasteiger partial charge in [0.05, 0.1) is 6.42 Å². The zero-order valence-corrected chi connectivity index (χ0v) is 23.5. The second kappa shape index (κ2) is 10.1. The average Bonchev–Trinajstić information content (AvgIpc) is 3.34. The number of carbonyl (C=O) groups is 1. The number of nitrogens with zero attached hydrogens (tertiary/aromatic N) is 6. The summed E-state index contributed by atoms with van der Waals surface area (Å²) in [6.07, 6.45) is -1.43. The monoisotopic (exact) mass is 600 g/mol. The molecule has 220 valence electrons. The minimum atomic E-state index is -4.71. The number of aliphatic carboxylic acids is 1. The Bertz CT molecular complexity index is 1820. The van der Waals surface area contributed by atoms with Crippen molar-refractivity contribution in [3.8, 4) is 0 Å². The summed E-state index contributed by atoms with van der Waals surface area (Å²) in [5.74, 6) is -2.54. The van der Waals surface area contributed by atoms with Gasteiger partial charge in [-0.1, -0.05) is 18.2 Å². The SMILES string of the molecule is Cc1ccc([C@H](CC(=O)O)c2ccn3c(C(F)(F)F)nnc3c2C)cc1CN1C[C@@H]2CCN2c2ncccc2S1(=O)=O. The fourth-order valence-corrected chi connectivity index (χ4v) is 7.46. The number of hydrogen-bond acceptors (Lipinski definition) is 7. The summed E-state index contributed by atoms with van der Waals surface area (Å²) in [5.41, 5.74) is 2.97. The number of halogens is 3. The molecule has 0 aliphatic carbocycles. The number of carboxylic acid groups (broad SMARTS) is 1. The van der Waals surface area contributed by atoms with Crippen LogP contribution in [0.4, 0.5) is 19.0 Å². The first-order valence-corrected chi connectivity index (χ1v) is 14.7. The van der Waals surface area contributed by atoms with Crippen molar-refractivity contribution in [3.63, 3.8) is 0 Å². The Morgan fingerprint density at radius 1 is 1.17 bits per heavy atom. The minimum Gasteiger partial charge on any atom is -0.481 e. The zero-order valence-electron chi connectivity index (χ0n) is 22.7. The van der Waals surface area contributed by atoms with Gasteiger partial charge in [0.1, 0.15) is 10.7 Å². The van der Waals surface area contributed by atoms with Gasteiger partial charge < -0.3 is 10.0 Å². The van der Waals surface area contributed by atoms with E-state index in [4.69, 9.17) is 0 Å². The first-order chi connectivity index (χ1) is 19.9. The molecule has 0 bridgehead atoms. The number of aromatic nitrogens is 4. The Kier molecular flexibility index (Phi) is 6.72. The van der Waals surface area contributed by atoms with Crippen molar-refractivity contribution in [2.75, 3.05) is 18.0 Å². The number of carboxylic acids is 1. The minimum absolute atomic E-state index is 0.00158. The van der Waals surface area contributed by atoms with Crippen LogP contribution in [-0.4, -0.2) is 62.5 Å². The third-order valence-electron chi connectivity index (χ3n) is 8.20. The molecule has 0 spiro atoms. The molecule has 1 N–H and O–H groups in total. The van der Waals surface area contributed by atoms with Crippen molar-refractivity contribution in [2.45, 2.75) is 56.3 Å². The van der Waals surface area contributed by atoms with Crippen molar-refractivity contribution in [2.24, 2.45) is 0 Å². The second-order valence-corrected chi connectivity index (χ2v) is 12.6. The smallest absolute Gasteiger partial charge is 0.452 e. The number of aryl methyl sites for hydroxylation is 2. The Morgan fingerprint density at radius 2 is 1.95 bits per heavy atom. The van der Waals surface area contributed by atoms with Crippen LogP contribution in [0, 0.1) is 13.8 Å². The predicted molar refractivity (Wildman–Crippen MR) is 146 cm³/mol. The van der Waals surface area contributed by atoms with Crippen LogP contribution in [0.25, 0.3) is 5.65 Å². The number of hydrogen-bond donors (Lipinski definition) is 1. The molecule has 1 fully saturated rings. The molecule has 6 rings (SSSR count). The van der Waals surface area contributed by atoms with Crippen LogP contribution in [-0.2, 0) is 27.5 Å². The highest BCUT2D eigenvalue weighted by Crippen LogP contribution is 2.38. The molecule has 0 saturated carbocycles. The van der Waals surface area contributed by atoms with E-state index in [0.29, 0.717) is 28.1 Å². The van der Waals surface area contributed by atoms with Crippen LogP contribution in [0.1, 0.15) is 52.4 Å². The van der Waals surface area contributed by atoms with Crippen LogP contribution in [0.2, 0.25) is 0 Å². The molecule has 0 unspecified atom stereocenters. The van der Waals surface area contributed by atoms with E-state index in [2.05, 4.69) is 15.2 Å². The van der Waals surface area contributed by atoms with Crippen LogP contribution < -0.4 is 4.90 Å². The number of alkyl halides is 3. The van der Waals surface area contributed by atoms with Gasteiger partial charge >= 0.3 is 12.1 Å². The lowest BCUT2D eigenvalue weighted by atomic mass is 9.85. The highest BCUT2D eigenvalue weighted by Gasteiger charge is 2.42. The summed E-state index contributed by atoms with van der Waals surface area (Å²) in [6.45, 7) is 4.52. The lowest BCUT2D eigenvalue weighted by Crippen LogP contribution is -2.52. The van der Waals surface area contributed by atoms with E-state index in [-0.39, 0.29) is 36.1 Å². The number of benzene rings is 1. The maximum Gasteiger partial charge on any atom is 0.452 e. The predicted octanol–water partition coefficient (Wildman–Crippen LogP) is 4.15. The molecule has 2 atom stereocenters. The van der Waals surface area contributed by atoms with Gasteiger partial charge in [-0.3, -0.25) is 9.20 Å². The molecule has 0 amide bonds. The van der Waals surface area contributed by atoms with E-state index in [0.717, 1.165) is 22.9 Å². The number of rotatable bonds is 6. The standard InChI is InChI=1S/C28H27F3N6O4S/c1-16-5-6-18(22(13-24(38)39)21-8-11-37-25(17(21)2)33-34-27(37)28(29,30)31)12-19(16)14-35-15-20-7-10-36(20)26-23(42(35,40)41)4-3-9-32-26/h3-6,8-9,11-12,20,22H,7,10,13-15H2,1-2H3,(H,38,39)/t20-,22-/m0/s1. The van der Waals surface area contributed by atoms with Gasteiger partial charge in [0.15, 0.2) is 5.65 Å². The molecular formula is C28H27F3N6O4S. The molecule has 0 radical (unpaired) electrons. The summed E-state index contributed by atoms with van der Waals surface area (Å²) in [7, 11) is -3.88. The maximum atomic E-state index is 13.8. The highest BCUT2D eigenvalue weighted by molar-refractivity contribution is 7.89. The Balaban J connectivity index is 1.39. The third kappa shape index (κ3) is 4.67. The third-order valence-corrected chi connectivity index (χ3v) is 10.0. The fourth-order valence-electron chi connectivity index (χ4n) is 5.85. The van der Waals surface area contributed by atoms with Crippen molar-refractivity contribution < 1.29 is 31.5 Å². The van der Waals surface area contributed by atoms with Crippen molar-refractivity contribution >= 4 is 27.5 Å². The van der Waals surface area contributed by atoms with E-state index < -0.39 is 33.9 Å². The molecule has 5 heterocycles. The van der Waals surface area contributed by atoms with E-state index in [1.54, 1.807) is 37.4 Å². The van der Waals surface area contributed by atoms with E-state index in [9.17, 15) is 31.5 Å². The topological polar surface area (TPSA) is 121 Å². The molecule has 10 nitrogen and oxygen atoms in total. The number of anilines is 1. The summed E-state index contributed by atoms with van der Waals surface area (Å²) in [6, 6.07) is 9.99. The summed E-state index contributed by atoms with van der Waals surface area (Å²) in [4.78, 5) is 18.5. The molecule has 14 heteroatoms. The van der Waals surface area contributed by atoms with Gasteiger partial charge in [-0.15, -0.1) is 10.2 Å². The normalized spacial score (nSPS) is 19.1. The van der Waals surface area contributed by atoms with Crippen LogP contribution in [0.15, 0.2) is 53.7 Å². The number of fused-ring (bicyclic) bond motifs is 4. The Morgan fingerprint density at radius 3 is 2.64 bits per heavy atom. The quantitative estimate of drug-likeness (QED) is 0.351. The van der Waals surface area contributed by atoms with Crippen molar-refractivity contribution in [1.82, 2.24) is 23.9 Å². The maximum absolute atomic E-state index is 13.8. The molecule has 1 saturated heterocycles. The Hall–Kier alpha value is -4.04. The molecule has 4 aromatic rings. The van der Waals surface area contributed by atoms with Gasteiger partial charge in [-0.25, -0.2) is 13.4 Å². The van der Waals surface area contributed by atoms with E-state index in [1.807, 2.05) is 17.9 Å². The number of pyridine rings is 2. The lowest BCUT2D eigenvalue weighted by Gasteiger charge is -2.41. The van der Waals surface area contributed by atoms with E-state index >= 15 is 0 Å². The van der Waals surface area contributed by atoms with Gasteiger partial charge in [0.25, 0.3) is 0 Å². The molecule has 1 aromatic carbocycles. The molecule has 42 heavy (non-hydrogen) atoms. The van der Waals surface area contributed by atoms with E-state index in [1.165, 1.54) is 16.6 Å². The van der Waals surface area contributed by atoms with Crippen molar-refractivity contribution in [1.29, 1.82) is 0 Å². The summed E-state index contributed by atoms with van der Waals surface area (Å²) < 4.78 is 70.1. The average molecular weight is 601 g/mol. The zero-order chi connectivity index (χ0) is 30.0. The highest BCUT2D eigenvalue weighted by atomic mass is 32.2.